The average molecular weight is 83.1 g/mol. The molecular formula is C3H6AlN. The van der Waals surface area contributed by atoms with E-state index in [1.165, 1.54) is 16.3 Å². The van der Waals surface area contributed by atoms with Gasteiger partial charge in [-0.1, -0.05) is 5.28 Å². The molecule has 0 radical (unpaired) electrons. The van der Waals surface area contributed by atoms with Gasteiger partial charge in [-0.15, -0.1) is 0 Å². The minimum Gasteiger partial charge on any atom is -0.198 e. The van der Waals surface area contributed by atoms with Crippen LogP contribution in [0, 0.1) is 11.3 Å². The van der Waals surface area contributed by atoms with Gasteiger partial charge in [0.1, 0.15) is 0 Å². The monoisotopic (exact) mass is 83.0 g/mol. The summed E-state index contributed by atoms with van der Waals surface area (Å²) in [4.78, 5) is 0. The second kappa shape index (κ2) is 4.02. The number of nitriles is 1. The lowest BCUT2D eigenvalue weighted by Gasteiger charge is -1.64. The van der Waals surface area contributed by atoms with E-state index >= 15 is 0 Å². The van der Waals surface area contributed by atoms with Crippen molar-refractivity contribution in [3.63, 3.8) is 0 Å². The Kier molecular flexibility index (Phi) is 4.04. The fourth-order valence-electron chi connectivity index (χ4n) is 0.112. The molecule has 0 aliphatic carbocycles. The summed E-state index contributed by atoms with van der Waals surface area (Å²) in [6.45, 7) is 0. The van der Waals surface area contributed by atoms with E-state index in [0.717, 1.165) is 11.7 Å². The SMILES string of the molecule is N#CC[CH2][AlH2]. The van der Waals surface area contributed by atoms with Gasteiger partial charge < -0.3 is 0 Å². The smallest absolute Gasteiger partial charge is 0.198 e. The third-order valence-corrected chi connectivity index (χ3v) is 0.862. The van der Waals surface area contributed by atoms with Crippen molar-refractivity contribution < 1.29 is 0 Å². The first-order valence-electron chi connectivity index (χ1n) is 1.78. The zero-order chi connectivity index (χ0) is 4.12. The lowest BCUT2D eigenvalue weighted by molar-refractivity contribution is 1.21. The third-order valence-electron chi connectivity index (χ3n) is 0.362. The lowest BCUT2D eigenvalue weighted by atomic mass is 10.6. The maximum Gasteiger partial charge on any atom is 0.213 e. The van der Waals surface area contributed by atoms with E-state index in [4.69, 9.17) is 5.26 Å². The minimum absolute atomic E-state index is 0.756. The van der Waals surface area contributed by atoms with Gasteiger partial charge in [0, 0.05) is 6.42 Å². The molecule has 0 bridgehead atoms. The molecule has 0 heterocycles. The molecule has 0 aliphatic rings. The maximum absolute atomic E-state index is 7.84. The topological polar surface area (TPSA) is 23.8 Å². The van der Waals surface area contributed by atoms with Gasteiger partial charge in [-0.3, -0.25) is 0 Å². The van der Waals surface area contributed by atoms with E-state index < -0.39 is 0 Å². The van der Waals surface area contributed by atoms with Gasteiger partial charge in [0.2, 0.25) is 16.3 Å². The molecule has 0 fully saturated rings. The molecule has 0 aromatic heterocycles. The van der Waals surface area contributed by atoms with Crippen LogP contribution in [0.4, 0.5) is 0 Å². The van der Waals surface area contributed by atoms with E-state index in [9.17, 15) is 0 Å². The van der Waals surface area contributed by atoms with Crippen LogP contribution < -0.4 is 0 Å². The third kappa shape index (κ3) is 4.02. The average Bonchev–Trinajstić information content (AvgIpc) is 1.41. The van der Waals surface area contributed by atoms with Crippen molar-refractivity contribution in [1.29, 1.82) is 5.26 Å². The molecule has 0 rings (SSSR count). The van der Waals surface area contributed by atoms with Crippen LogP contribution in [0.2, 0.25) is 5.28 Å². The highest BCUT2D eigenvalue weighted by atomic mass is 27.0. The van der Waals surface area contributed by atoms with Crippen LogP contribution in [0.5, 0.6) is 0 Å². The Morgan fingerprint density at radius 3 is 2.40 bits per heavy atom. The van der Waals surface area contributed by atoms with Crippen LogP contribution in [-0.4, -0.2) is 16.3 Å². The van der Waals surface area contributed by atoms with Crippen LogP contribution in [0.1, 0.15) is 6.42 Å². The summed E-state index contributed by atoms with van der Waals surface area (Å²) in [6.07, 6.45) is 0.756. The summed E-state index contributed by atoms with van der Waals surface area (Å²) in [5.41, 5.74) is 0. The largest absolute Gasteiger partial charge is 0.213 e. The Morgan fingerprint density at radius 1 is 1.80 bits per heavy atom. The van der Waals surface area contributed by atoms with Gasteiger partial charge in [-0.25, -0.2) is 0 Å². The molecule has 0 aromatic rings. The first kappa shape index (κ1) is 5.02. The van der Waals surface area contributed by atoms with E-state index in [1.807, 2.05) is 0 Å². The molecule has 1 nitrogen and oxygen atoms in total. The summed E-state index contributed by atoms with van der Waals surface area (Å²) >= 11 is 1.18. The van der Waals surface area contributed by atoms with Crippen molar-refractivity contribution in [3.05, 3.63) is 0 Å². The predicted molar refractivity (Wildman–Crippen MR) is 23.6 cm³/mol. The zero-order valence-electron chi connectivity index (χ0n) is 3.36. The van der Waals surface area contributed by atoms with Crippen LogP contribution in [0.3, 0.4) is 0 Å². The highest BCUT2D eigenvalue weighted by Gasteiger charge is 1.67. The van der Waals surface area contributed by atoms with Crippen molar-refractivity contribution in [2.75, 3.05) is 0 Å². The number of hydrogen-bond donors (Lipinski definition) is 0. The van der Waals surface area contributed by atoms with Crippen LogP contribution >= 0.6 is 0 Å². The highest BCUT2D eigenvalue weighted by Crippen LogP contribution is 1.74. The summed E-state index contributed by atoms with van der Waals surface area (Å²) in [5, 5.41) is 8.96. The van der Waals surface area contributed by atoms with E-state index in [0.29, 0.717) is 0 Å². The van der Waals surface area contributed by atoms with Crippen LogP contribution in [-0.2, 0) is 0 Å². The zero-order valence-corrected chi connectivity index (χ0v) is 5.36. The van der Waals surface area contributed by atoms with Crippen LogP contribution in [0.15, 0.2) is 0 Å². The maximum atomic E-state index is 7.84. The number of rotatable bonds is 1. The summed E-state index contributed by atoms with van der Waals surface area (Å²) in [7, 11) is 0. The first-order valence-corrected chi connectivity index (χ1v) is 3.20. The molecule has 0 N–H and O–H groups in total. The molecule has 0 saturated carbocycles. The van der Waals surface area contributed by atoms with Crippen molar-refractivity contribution in [2.24, 2.45) is 0 Å². The fourth-order valence-corrected chi connectivity index (χ4v) is 0.335. The van der Waals surface area contributed by atoms with Gasteiger partial charge >= 0.3 is 0 Å². The van der Waals surface area contributed by atoms with Crippen molar-refractivity contribution in [2.45, 2.75) is 11.7 Å². The lowest BCUT2D eigenvalue weighted by Crippen LogP contribution is -1.59. The Labute approximate surface area is 40.0 Å². The minimum atomic E-state index is 0.756. The molecule has 0 aliphatic heterocycles. The van der Waals surface area contributed by atoms with E-state index in [1.54, 1.807) is 0 Å². The van der Waals surface area contributed by atoms with Crippen molar-refractivity contribution in [3.8, 4) is 6.07 Å². The Bertz CT molecular complexity index is 45.3. The van der Waals surface area contributed by atoms with Crippen molar-refractivity contribution >= 4 is 16.3 Å². The predicted octanol–water partition coefficient (Wildman–Crippen LogP) is -0.0485. The molecule has 0 saturated heterocycles. The van der Waals surface area contributed by atoms with Gasteiger partial charge in [0.25, 0.3) is 0 Å². The summed E-state index contributed by atoms with van der Waals surface area (Å²) < 4.78 is 0. The second-order valence-corrected chi connectivity index (χ2v) is 1.91. The Hall–Kier alpha value is 0.0225. The highest BCUT2D eigenvalue weighted by molar-refractivity contribution is 6.08. The van der Waals surface area contributed by atoms with Crippen LogP contribution in [0.25, 0.3) is 0 Å². The van der Waals surface area contributed by atoms with Gasteiger partial charge in [0.15, 0.2) is 0 Å². The molecule has 0 unspecified atom stereocenters. The normalized spacial score (nSPS) is 6.20. The van der Waals surface area contributed by atoms with Crippen molar-refractivity contribution in [1.82, 2.24) is 0 Å². The van der Waals surface area contributed by atoms with Gasteiger partial charge in [0.05, 0.1) is 6.07 Å². The van der Waals surface area contributed by atoms with Gasteiger partial charge in [-0.2, -0.15) is 5.26 Å². The van der Waals surface area contributed by atoms with Gasteiger partial charge in [-0.05, 0) is 0 Å². The number of nitrogens with zero attached hydrogens (tertiary/aromatic N) is 1. The quantitative estimate of drug-likeness (QED) is 0.408. The van der Waals surface area contributed by atoms with E-state index in [-0.39, 0.29) is 0 Å². The van der Waals surface area contributed by atoms with E-state index in [2.05, 4.69) is 6.07 Å². The molecule has 26 valence electrons. The second-order valence-electron chi connectivity index (χ2n) is 0.908. The molecule has 0 spiro atoms. The first-order chi connectivity index (χ1) is 2.41. The summed E-state index contributed by atoms with van der Waals surface area (Å²) in [6, 6.07) is 2.05. The number of hydrogen-bond acceptors (Lipinski definition) is 1. The molecular weight excluding hydrogens is 77.0 g/mol. The Morgan fingerprint density at radius 2 is 2.40 bits per heavy atom. The molecule has 0 atom stereocenters. The fraction of sp³-hybridized carbons (Fsp3) is 0.667. The molecule has 0 aromatic carbocycles. The molecule has 2 heteroatoms. The Balaban J connectivity index is 2.48. The molecule has 5 heavy (non-hydrogen) atoms. The standard InChI is InChI=1S/C3H4N.Al.2H/c1-2-3-4;;;/h1-2H2;;;. The molecule has 0 amide bonds. The summed E-state index contributed by atoms with van der Waals surface area (Å²) in [5.74, 6) is 0.